The number of pyridine rings is 1. The van der Waals surface area contributed by atoms with E-state index in [4.69, 9.17) is 28.7 Å². The zero-order chi connectivity index (χ0) is 51.4. The number of nitrogens with one attached hydrogen (secondary N) is 3. The molecular weight excluding hydrogens is 967 g/mol. The van der Waals surface area contributed by atoms with Crippen molar-refractivity contribution in [3.05, 3.63) is 99.7 Å². The summed E-state index contributed by atoms with van der Waals surface area (Å²) in [5.74, 6) is -0.104. The van der Waals surface area contributed by atoms with Crippen LogP contribution in [-0.4, -0.2) is 116 Å². The van der Waals surface area contributed by atoms with Gasteiger partial charge in [-0.1, -0.05) is 38.1 Å². The number of aromatic amines is 1. The number of nitrogens with zero attached hydrogens (tertiary/aromatic N) is 4. The number of nitro groups is 1. The van der Waals surface area contributed by atoms with Gasteiger partial charge in [-0.2, -0.15) is 4.98 Å². The van der Waals surface area contributed by atoms with Crippen molar-refractivity contribution in [2.24, 2.45) is 11.3 Å². The SMILES string of the molecule is CC(C)c1ccccc1[C@@H]1CCCN1C1CC2(CCN(c3ccc(C(=O)NS(=O)(=O)c4cc5c(c([N+](=O)[O-])c4)N[C@@H]([C@H]4CC[C@](C)(O)CC4)CO5)c(Oc4cc5cc[nH]c5nc4OC[C@@H]4COCCO4)c3)CC2)C1. The fourth-order valence-electron chi connectivity index (χ4n) is 12.4. The number of amides is 1. The highest BCUT2D eigenvalue weighted by atomic mass is 32.2. The molecule has 0 bridgehead atoms. The lowest BCUT2D eigenvalue weighted by Crippen LogP contribution is -2.54. The number of sulfonamides is 1. The molecule has 6 aliphatic rings. The summed E-state index contributed by atoms with van der Waals surface area (Å²) in [7, 11) is -4.74. The fourth-order valence-corrected chi connectivity index (χ4v) is 13.4. The van der Waals surface area contributed by atoms with Crippen molar-refractivity contribution in [3.63, 3.8) is 0 Å². The summed E-state index contributed by atoms with van der Waals surface area (Å²) in [4.78, 5) is 38.7. The Kier molecular flexibility index (Phi) is 13.7. The second kappa shape index (κ2) is 20.3. The lowest BCUT2D eigenvalue weighted by molar-refractivity contribution is -0.384. The van der Waals surface area contributed by atoms with Crippen LogP contribution in [-0.2, 0) is 19.5 Å². The largest absolute Gasteiger partial charge is 0.489 e. The second-order valence-electron chi connectivity index (χ2n) is 22.0. The Labute approximate surface area is 431 Å². The number of H-pyrrole nitrogens is 1. The number of nitro benzene ring substituents is 1. The predicted molar refractivity (Wildman–Crippen MR) is 278 cm³/mol. The Morgan fingerprint density at radius 3 is 2.54 bits per heavy atom. The van der Waals surface area contributed by atoms with Crippen LogP contribution in [0, 0.1) is 21.4 Å². The van der Waals surface area contributed by atoms with Crippen LogP contribution >= 0.6 is 0 Å². The molecule has 5 aromatic rings. The van der Waals surface area contributed by atoms with Gasteiger partial charge < -0.3 is 44.0 Å². The maximum absolute atomic E-state index is 14.5. The van der Waals surface area contributed by atoms with Crippen LogP contribution in [0.3, 0.4) is 0 Å². The maximum Gasteiger partial charge on any atom is 0.297 e. The van der Waals surface area contributed by atoms with E-state index in [9.17, 15) is 28.4 Å². The van der Waals surface area contributed by atoms with Gasteiger partial charge in [-0.15, -0.1) is 0 Å². The molecular formula is C55H67N7O11S. The average molecular weight is 1030 g/mol. The van der Waals surface area contributed by atoms with Gasteiger partial charge in [-0.25, -0.2) is 13.1 Å². The summed E-state index contributed by atoms with van der Waals surface area (Å²) in [6, 6.07) is 20.5. The molecule has 0 unspecified atom stereocenters. The molecule has 3 atom stereocenters. The minimum absolute atomic E-state index is 0.0155. The summed E-state index contributed by atoms with van der Waals surface area (Å²) in [5, 5.41) is 27.0. The Bertz CT molecular complexity index is 3000. The molecule has 2 aromatic heterocycles. The third-order valence-corrected chi connectivity index (χ3v) is 18.0. The summed E-state index contributed by atoms with van der Waals surface area (Å²) in [6.45, 7) is 10.6. The monoisotopic (exact) mass is 1030 g/mol. The minimum Gasteiger partial charge on any atom is -0.489 e. The van der Waals surface area contributed by atoms with Gasteiger partial charge in [0.15, 0.2) is 17.2 Å². The number of likely N-dealkylation sites (tertiary alicyclic amines) is 1. The molecule has 1 spiro atoms. The first-order chi connectivity index (χ1) is 35.6. The van der Waals surface area contributed by atoms with E-state index in [1.54, 1.807) is 37.4 Å². The Hall–Kier alpha value is -5.99. The molecule has 11 rings (SSSR count). The molecule has 6 heterocycles. The first-order valence-corrected chi connectivity index (χ1v) is 27.8. The smallest absolute Gasteiger partial charge is 0.297 e. The van der Waals surface area contributed by atoms with E-state index < -0.39 is 37.0 Å². The van der Waals surface area contributed by atoms with Gasteiger partial charge in [0.25, 0.3) is 27.5 Å². The van der Waals surface area contributed by atoms with Crippen molar-refractivity contribution in [1.82, 2.24) is 19.6 Å². The van der Waals surface area contributed by atoms with Crippen molar-refractivity contribution >= 4 is 44.0 Å². The molecule has 394 valence electrons. The van der Waals surface area contributed by atoms with Crippen LogP contribution in [0.2, 0.25) is 0 Å². The molecule has 5 fully saturated rings. The average Bonchev–Trinajstić information content (AvgIpc) is 4.07. The van der Waals surface area contributed by atoms with Crippen molar-refractivity contribution in [1.29, 1.82) is 0 Å². The quantitative estimate of drug-likeness (QED) is 0.0602. The Morgan fingerprint density at radius 1 is 0.986 bits per heavy atom. The fraction of sp³-hybridized carbons (Fsp3) is 0.527. The number of aromatic nitrogens is 2. The van der Waals surface area contributed by atoms with Gasteiger partial charge in [0.1, 0.15) is 30.7 Å². The van der Waals surface area contributed by atoms with Crippen LogP contribution in [0.15, 0.2) is 77.8 Å². The van der Waals surface area contributed by atoms with Crippen LogP contribution in [0.4, 0.5) is 17.1 Å². The number of carbonyl (C=O) groups excluding carboxylic acids is 1. The predicted octanol–water partition coefficient (Wildman–Crippen LogP) is 9.00. The zero-order valence-electron chi connectivity index (χ0n) is 42.3. The van der Waals surface area contributed by atoms with Gasteiger partial charge in [0.2, 0.25) is 0 Å². The van der Waals surface area contributed by atoms with E-state index in [1.165, 1.54) is 42.9 Å². The molecule has 2 aliphatic carbocycles. The summed E-state index contributed by atoms with van der Waals surface area (Å²) < 4.78 is 60.9. The van der Waals surface area contributed by atoms with Crippen LogP contribution in [0.25, 0.3) is 11.0 Å². The number of carbonyl (C=O) groups is 1. The van der Waals surface area contributed by atoms with Crippen molar-refractivity contribution in [3.8, 4) is 23.1 Å². The standard InChI is InChI=1S/C55H67N7O11S/c1-34(2)41-7-4-5-8-42(41)45-9-6-20-61(45)38-29-55(30-38)17-21-60(22-18-55)37-10-11-43(47(26-37)73-49-25-36-14-19-56-51(36)58-53(49)72-32-39-31-69-23-24-70-39)52(63)59-74(67,68)40-27-46(62(65)66)50-48(28-40)71-33-44(57-50)35-12-15-54(3,64)16-13-35/h4-5,7-8,10-11,14,19,25-28,34-35,38-39,44-45,57,64H,6,9,12-13,15-18,20-24,29-33H2,1-3H3,(H,56,58)(H,59,63)/t35-,39-,44+,45-,54-/m0/s1. The van der Waals surface area contributed by atoms with Gasteiger partial charge >= 0.3 is 0 Å². The number of hydrogen-bond acceptors (Lipinski definition) is 15. The lowest BCUT2D eigenvalue weighted by atomic mass is 9.59. The molecule has 19 heteroatoms. The summed E-state index contributed by atoms with van der Waals surface area (Å²) in [5.41, 5.74) is 3.23. The summed E-state index contributed by atoms with van der Waals surface area (Å²) in [6.07, 6.45) is 10.7. The molecule has 18 nitrogen and oxygen atoms in total. The van der Waals surface area contributed by atoms with Crippen molar-refractivity contribution < 1.29 is 46.9 Å². The van der Waals surface area contributed by atoms with E-state index in [-0.39, 0.29) is 71.1 Å². The number of aliphatic hydroxyl groups is 1. The number of piperidine rings is 1. The first-order valence-electron chi connectivity index (χ1n) is 26.3. The molecule has 4 aliphatic heterocycles. The topological polar surface area (TPSA) is 220 Å². The Morgan fingerprint density at radius 2 is 1.78 bits per heavy atom. The van der Waals surface area contributed by atoms with Gasteiger partial charge in [-0.05, 0) is 130 Å². The molecule has 2 saturated carbocycles. The van der Waals surface area contributed by atoms with Crippen molar-refractivity contribution in [2.75, 3.05) is 62.9 Å². The number of anilines is 2. The van der Waals surface area contributed by atoms with Gasteiger partial charge in [0, 0.05) is 60.6 Å². The summed E-state index contributed by atoms with van der Waals surface area (Å²) >= 11 is 0. The van der Waals surface area contributed by atoms with E-state index in [1.807, 2.05) is 6.07 Å². The number of rotatable bonds is 14. The maximum atomic E-state index is 14.5. The van der Waals surface area contributed by atoms with Gasteiger partial charge in [-0.3, -0.25) is 19.8 Å². The van der Waals surface area contributed by atoms with Gasteiger partial charge in [0.05, 0.1) is 46.8 Å². The van der Waals surface area contributed by atoms with E-state index >= 15 is 0 Å². The highest BCUT2D eigenvalue weighted by Gasteiger charge is 2.50. The number of hydrogen-bond donors (Lipinski definition) is 4. The molecule has 1 amide bonds. The third-order valence-electron chi connectivity index (χ3n) is 16.7. The number of ether oxygens (including phenoxy) is 5. The van der Waals surface area contributed by atoms with Crippen LogP contribution in [0.5, 0.6) is 23.1 Å². The van der Waals surface area contributed by atoms with E-state index in [2.05, 4.69) is 62.9 Å². The molecule has 74 heavy (non-hydrogen) atoms. The Balaban J connectivity index is 0.843. The second-order valence-corrected chi connectivity index (χ2v) is 23.7. The third kappa shape index (κ3) is 10.2. The molecule has 3 saturated heterocycles. The van der Waals surface area contributed by atoms with Crippen LogP contribution in [0.1, 0.15) is 118 Å². The number of fused-ring (bicyclic) bond motifs is 2. The van der Waals surface area contributed by atoms with E-state index in [0.717, 1.165) is 44.2 Å². The molecule has 0 radical (unpaired) electrons. The lowest BCUT2D eigenvalue weighted by Gasteiger charge is -2.56. The highest BCUT2D eigenvalue weighted by molar-refractivity contribution is 7.90. The molecule has 3 aromatic carbocycles. The highest BCUT2D eigenvalue weighted by Crippen LogP contribution is 2.54. The first kappa shape index (κ1) is 50.2. The molecule has 4 N–H and O–H groups in total. The number of benzene rings is 3. The normalized spacial score (nSPS) is 25.2. The van der Waals surface area contributed by atoms with Crippen molar-refractivity contribution in [2.45, 2.75) is 126 Å². The van der Waals surface area contributed by atoms with Crippen LogP contribution < -0.4 is 29.1 Å². The van der Waals surface area contributed by atoms with E-state index in [0.29, 0.717) is 74.5 Å². The minimum atomic E-state index is -4.74. The zero-order valence-corrected chi connectivity index (χ0v) is 43.2.